The SMILES string of the molecule is CC(=O)Nc1c(Br)c(C(=O)OCCCS(=O)(=O)O)c(Br)c(N(C)C(C)=O)c1Br. The third-order valence-electron chi connectivity index (χ3n) is 3.39. The Labute approximate surface area is 187 Å². The summed E-state index contributed by atoms with van der Waals surface area (Å²) in [6.45, 7) is 2.34. The number of nitrogens with one attached hydrogen (secondary N) is 1. The first-order chi connectivity index (χ1) is 12.8. The number of esters is 1. The molecule has 0 unspecified atom stereocenters. The molecule has 0 fully saturated rings. The van der Waals surface area contributed by atoms with Crippen LogP contribution < -0.4 is 10.2 Å². The van der Waals surface area contributed by atoms with Crippen LogP contribution in [0, 0.1) is 0 Å². The average Bonchev–Trinajstić information content (AvgIpc) is 2.54. The van der Waals surface area contributed by atoms with Crippen LogP contribution in [0.4, 0.5) is 11.4 Å². The van der Waals surface area contributed by atoms with Crippen LogP contribution in [0.5, 0.6) is 0 Å². The molecular weight excluding hydrogens is 592 g/mol. The monoisotopic (exact) mass is 606 g/mol. The van der Waals surface area contributed by atoms with Gasteiger partial charge in [-0.25, -0.2) is 4.79 Å². The van der Waals surface area contributed by atoms with Crippen molar-refractivity contribution >= 4 is 87.1 Å². The maximum Gasteiger partial charge on any atom is 0.340 e. The first-order valence-electron chi connectivity index (χ1n) is 7.62. The number of hydrogen-bond donors (Lipinski definition) is 2. The summed E-state index contributed by atoms with van der Waals surface area (Å²) < 4.78 is 36.0. The summed E-state index contributed by atoms with van der Waals surface area (Å²) in [6, 6.07) is 0. The molecule has 0 radical (unpaired) electrons. The lowest BCUT2D eigenvalue weighted by Gasteiger charge is -2.24. The number of carbonyl (C=O) groups is 3. The van der Waals surface area contributed by atoms with Crippen molar-refractivity contribution < 1.29 is 32.1 Å². The Morgan fingerprint density at radius 3 is 2.14 bits per heavy atom. The lowest BCUT2D eigenvalue weighted by molar-refractivity contribution is -0.116. The van der Waals surface area contributed by atoms with Crippen LogP contribution in [-0.4, -0.2) is 50.2 Å². The van der Waals surface area contributed by atoms with E-state index in [0.29, 0.717) is 4.47 Å². The summed E-state index contributed by atoms with van der Waals surface area (Å²) >= 11 is 9.88. The van der Waals surface area contributed by atoms with Gasteiger partial charge in [0.25, 0.3) is 10.1 Å². The fourth-order valence-electron chi connectivity index (χ4n) is 2.05. The van der Waals surface area contributed by atoms with Crippen LogP contribution in [0.2, 0.25) is 0 Å². The summed E-state index contributed by atoms with van der Waals surface area (Å²) in [7, 11) is -2.68. The highest BCUT2D eigenvalue weighted by atomic mass is 79.9. The van der Waals surface area contributed by atoms with Crippen molar-refractivity contribution in [3.05, 3.63) is 19.0 Å². The molecule has 1 rings (SSSR count). The topological polar surface area (TPSA) is 130 Å². The molecule has 0 saturated carbocycles. The Morgan fingerprint density at radius 2 is 1.68 bits per heavy atom. The predicted octanol–water partition coefficient (Wildman–Crippen LogP) is 3.35. The zero-order valence-electron chi connectivity index (χ0n) is 15.0. The molecule has 1 aromatic carbocycles. The molecule has 2 amide bonds. The Morgan fingerprint density at radius 1 is 1.11 bits per heavy atom. The van der Waals surface area contributed by atoms with Gasteiger partial charge in [0, 0.05) is 20.9 Å². The van der Waals surface area contributed by atoms with Gasteiger partial charge in [-0.1, -0.05) is 0 Å². The third kappa shape index (κ3) is 6.51. The molecule has 156 valence electrons. The molecule has 0 aliphatic rings. The number of halogens is 3. The van der Waals surface area contributed by atoms with Gasteiger partial charge >= 0.3 is 5.97 Å². The Kier molecular flexibility index (Phi) is 9.06. The van der Waals surface area contributed by atoms with Gasteiger partial charge in [0.15, 0.2) is 0 Å². The molecule has 13 heteroatoms. The van der Waals surface area contributed by atoms with E-state index < -0.39 is 27.7 Å². The van der Waals surface area contributed by atoms with E-state index in [-0.39, 0.29) is 44.8 Å². The van der Waals surface area contributed by atoms with E-state index in [1.54, 1.807) is 0 Å². The van der Waals surface area contributed by atoms with Crippen molar-refractivity contribution in [3.8, 4) is 0 Å². The number of carbonyl (C=O) groups excluding carboxylic acids is 3. The Hall–Kier alpha value is -1.02. The molecule has 0 atom stereocenters. The van der Waals surface area contributed by atoms with Crippen molar-refractivity contribution in [2.24, 2.45) is 0 Å². The summed E-state index contributed by atoms with van der Waals surface area (Å²) in [6.07, 6.45) is -0.102. The highest BCUT2D eigenvalue weighted by Crippen LogP contribution is 2.47. The molecule has 2 N–H and O–H groups in total. The second-order valence-electron chi connectivity index (χ2n) is 5.58. The predicted molar refractivity (Wildman–Crippen MR) is 114 cm³/mol. The standard InChI is InChI=1S/C15H17Br3N2O7S/c1-7(21)19-13-10(16)9(15(23)27-5-4-6-28(24,25)26)11(17)14(12(13)18)20(3)8(2)22/h4-6H2,1-3H3,(H,19,21)(H,24,25,26). The minimum Gasteiger partial charge on any atom is -0.462 e. The van der Waals surface area contributed by atoms with E-state index in [4.69, 9.17) is 9.29 Å². The zero-order valence-corrected chi connectivity index (χ0v) is 20.6. The van der Waals surface area contributed by atoms with E-state index in [1.165, 1.54) is 25.8 Å². The highest BCUT2D eigenvalue weighted by molar-refractivity contribution is 9.12. The number of nitrogens with zero attached hydrogens (tertiary/aromatic N) is 1. The quantitative estimate of drug-likeness (QED) is 0.276. The van der Waals surface area contributed by atoms with Crippen molar-refractivity contribution in [1.29, 1.82) is 0 Å². The third-order valence-corrected chi connectivity index (χ3v) is 6.53. The van der Waals surface area contributed by atoms with E-state index in [1.807, 2.05) is 0 Å². The van der Waals surface area contributed by atoms with Crippen LogP contribution in [0.25, 0.3) is 0 Å². The van der Waals surface area contributed by atoms with Gasteiger partial charge in [0.2, 0.25) is 11.8 Å². The van der Waals surface area contributed by atoms with E-state index in [9.17, 15) is 22.8 Å². The van der Waals surface area contributed by atoms with Gasteiger partial charge in [0.1, 0.15) is 0 Å². The maximum absolute atomic E-state index is 12.6. The molecule has 0 aliphatic heterocycles. The molecule has 0 aliphatic carbocycles. The summed E-state index contributed by atoms with van der Waals surface area (Å²) in [5, 5.41) is 2.57. The van der Waals surface area contributed by atoms with Crippen molar-refractivity contribution in [1.82, 2.24) is 0 Å². The second kappa shape index (κ2) is 10.1. The number of hydrogen-bond acceptors (Lipinski definition) is 6. The number of benzene rings is 1. The summed E-state index contributed by atoms with van der Waals surface area (Å²) in [4.78, 5) is 37.2. The molecular formula is C15H17Br3N2O7S. The van der Waals surface area contributed by atoms with Crippen LogP contribution in [0.1, 0.15) is 30.6 Å². The number of anilines is 2. The molecule has 0 saturated heterocycles. The Bertz CT molecular complexity index is 919. The molecule has 0 aromatic heterocycles. The van der Waals surface area contributed by atoms with Crippen molar-refractivity contribution in [2.75, 3.05) is 29.6 Å². The fourth-order valence-corrected chi connectivity index (χ4v) is 5.57. The largest absolute Gasteiger partial charge is 0.462 e. The fraction of sp³-hybridized carbons (Fsp3) is 0.400. The van der Waals surface area contributed by atoms with Crippen LogP contribution in [-0.2, 0) is 24.4 Å². The lowest BCUT2D eigenvalue weighted by atomic mass is 10.1. The maximum atomic E-state index is 12.6. The molecule has 9 nitrogen and oxygen atoms in total. The molecule has 0 bridgehead atoms. The van der Waals surface area contributed by atoms with Crippen LogP contribution >= 0.6 is 47.8 Å². The van der Waals surface area contributed by atoms with E-state index in [0.717, 1.165) is 0 Å². The molecule has 0 heterocycles. The van der Waals surface area contributed by atoms with Crippen molar-refractivity contribution in [3.63, 3.8) is 0 Å². The second-order valence-corrected chi connectivity index (χ2v) is 9.53. The first-order valence-corrected chi connectivity index (χ1v) is 11.6. The highest BCUT2D eigenvalue weighted by Gasteiger charge is 2.28. The minimum atomic E-state index is -4.16. The van der Waals surface area contributed by atoms with Gasteiger partial charge in [-0.15, -0.1) is 0 Å². The summed E-state index contributed by atoms with van der Waals surface area (Å²) in [5.74, 6) is -2.12. The Balaban J connectivity index is 3.39. The van der Waals surface area contributed by atoms with Crippen LogP contribution in [0.15, 0.2) is 13.4 Å². The van der Waals surface area contributed by atoms with Gasteiger partial charge in [-0.05, 0) is 54.2 Å². The number of amides is 2. The smallest absolute Gasteiger partial charge is 0.340 e. The molecule has 0 spiro atoms. The van der Waals surface area contributed by atoms with Crippen LogP contribution in [0.3, 0.4) is 0 Å². The lowest BCUT2D eigenvalue weighted by Crippen LogP contribution is -2.25. The molecule has 1 aromatic rings. The normalized spacial score (nSPS) is 11.1. The van der Waals surface area contributed by atoms with Crippen molar-refractivity contribution in [2.45, 2.75) is 20.3 Å². The first kappa shape index (κ1) is 25.0. The minimum absolute atomic E-state index is 0.0121. The van der Waals surface area contributed by atoms with E-state index in [2.05, 4.69) is 53.1 Å². The van der Waals surface area contributed by atoms with Gasteiger partial charge in [0.05, 0.1) is 42.7 Å². The molecule has 28 heavy (non-hydrogen) atoms. The van der Waals surface area contributed by atoms with Gasteiger partial charge < -0.3 is 15.0 Å². The number of ether oxygens (including phenoxy) is 1. The average molecular weight is 609 g/mol. The number of rotatable bonds is 7. The van der Waals surface area contributed by atoms with Gasteiger partial charge in [-0.3, -0.25) is 14.1 Å². The summed E-state index contributed by atoms with van der Waals surface area (Å²) in [5.41, 5.74) is 0.481. The zero-order chi connectivity index (χ0) is 21.8. The van der Waals surface area contributed by atoms with Gasteiger partial charge in [-0.2, -0.15) is 8.42 Å². The van der Waals surface area contributed by atoms with E-state index >= 15 is 0 Å².